The van der Waals surface area contributed by atoms with Crippen molar-refractivity contribution in [3.8, 4) is 0 Å². The number of thioether (sulfide) groups is 1. The first-order valence-corrected chi connectivity index (χ1v) is 14.5. The molecule has 4 heterocycles. The molecule has 218 valence electrons. The number of carbonyl (C=O) groups is 5. The molecule has 13 nitrogen and oxygen atoms in total. The number of carboxylic acids is 1. The fourth-order valence-corrected chi connectivity index (χ4v) is 9.25. The topological polar surface area (TPSA) is 172 Å². The van der Waals surface area contributed by atoms with Gasteiger partial charge in [-0.05, 0) is 30.8 Å². The van der Waals surface area contributed by atoms with E-state index in [1.807, 2.05) is 4.90 Å². The zero-order valence-corrected chi connectivity index (χ0v) is 23.4. The van der Waals surface area contributed by atoms with Crippen LogP contribution in [0.4, 0.5) is 4.79 Å². The van der Waals surface area contributed by atoms with Crippen LogP contribution in [-0.4, -0.2) is 99.6 Å². The summed E-state index contributed by atoms with van der Waals surface area (Å²) in [6.07, 6.45) is -1.04. The fourth-order valence-electron chi connectivity index (χ4n) is 8.00. The molecule has 1 spiro atoms. The lowest BCUT2D eigenvalue weighted by molar-refractivity contribution is -0.168. The summed E-state index contributed by atoms with van der Waals surface area (Å²) < 4.78 is 16.9. The van der Waals surface area contributed by atoms with E-state index in [0.717, 1.165) is 6.42 Å². The fraction of sp³-hybridized carbons (Fsp3) is 0.593. The number of Topliss-reactive ketones (excluding diaryl/α,β-unsaturated/α-hetero) is 1. The van der Waals surface area contributed by atoms with E-state index in [2.05, 4.69) is 5.32 Å². The second-order valence-electron chi connectivity index (χ2n) is 11.6. The van der Waals surface area contributed by atoms with Crippen LogP contribution in [-0.2, 0) is 33.4 Å². The number of fused-ring (bicyclic) bond motifs is 4. The number of allylic oxidation sites excluding steroid dienone is 1. The number of ketones is 1. The number of β-lactam (4-membered cyclic amide) rings is 1. The minimum Gasteiger partial charge on any atom is -0.477 e. The Morgan fingerprint density at radius 2 is 1.95 bits per heavy atom. The Morgan fingerprint density at radius 3 is 2.59 bits per heavy atom. The highest BCUT2D eigenvalue weighted by Crippen LogP contribution is 2.91. The lowest BCUT2D eigenvalue weighted by atomic mass is 9.79. The number of carbonyl (C=O) groups excluding carboxylic acids is 4. The second kappa shape index (κ2) is 8.58. The number of piperidine rings is 1. The third-order valence-corrected chi connectivity index (χ3v) is 11.2. The first-order chi connectivity index (χ1) is 19.5. The lowest BCUT2D eigenvalue weighted by Gasteiger charge is -2.43. The summed E-state index contributed by atoms with van der Waals surface area (Å²) in [4.78, 5) is 65.7. The van der Waals surface area contributed by atoms with Gasteiger partial charge in [-0.15, -0.1) is 11.8 Å². The molecule has 4 fully saturated rings. The molecule has 3 N–H and O–H groups in total. The monoisotopic (exact) mass is 587 g/mol. The number of carboxylic acid groups (broad SMARTS) is 1. The van der Waals surface area contributed by atoms with Gasteiger partial charge in [0, 0.05) is 42.9 Å². The van der Waals surface area contributed by atoms with Crippen molar-refractivity contribution in [2.45, 2.75) is 43.9 Å². The average molecular weight is 588 g/mol. The van der Waals surface area contributed by atoms with Crippen LogP contribution in [0.5, 0.6) is 0 Å². The minimum atomic E-state index is -1.28. The summed E-state index contributed by atoms with van der Waals surface area (Å²) in [6, 6.07) is 0. The van der Waals surface area contributed by atoms with Crippen LogP contribution in [0.2, 0.25) is 0 Å². The number of nitrogens with one attached hydrogen (secondary N) is 1. The number of rotatable bonds is 7. The summed E-state index contributed by atoms with van der Waals surface area (Å²) in [5, 5.41) is 23.3. The van der Waals surface area contributed by atoms with Crippen LogP contribution >= 0.6 is 11.8 Å². The van der Waals surface area contributed by atoms with Crippen LogP contribution in [0, 0.1) is 23.2 Å². The third kappa shape index (κ3) is 3.23. The Hall–Kier alpha value is -3.36. The van der Waals surface area contributed by atoms with Crippen molar-refractivity contribution < 1.29 is 48.4 Å². The Labute approximate surface area is 238 Å². The Kier molecular flexibility index (Phi) is 5.55. The molecule has 0 aromatic carbocycles. The van der Waals surface area contributed by atoms with Crippen molar-refractivity contribution in [2.24, 2.45) is 23.2 Å². The standard InChI is InChI=1S/C27H29N3O10S/c1-10-19(28-25(37)40-7-12-9-41-17-4-16(32)30(17)20(12)24(35)36)23(34)18-15(8-39-11(2)31)27(38-3)26-5-13(26)14(26)6-29(27)21(18)22(10)33/h13-15,17,22,33H,4-9H2,1-3H3,(H,28,37)(H,35,36)/t13?,14-,15-,17-,22?,26-,27-/m1/s1. The van der Waals surface area contributed by atoms with Gasteiger partial charge in [-0.2, -0.15) is 0 Å². The zero-order chi connectivity index (χ0) is 29.2. The van der Waals surface area contributed by atoms with E-state index in [1.54, 1.807) is 14.0 Å². The highest BCUT2D eigenvalue weighted by Gasteiger charge is 2.94. The molecular formula is C27H29N3O10S. The summed E-state index contributed by atoms with van der Waals surface area (Å²) in [5.74, 6) is -2.16. The SMILES string of the molecule is CO[C@@]12[C@H](COC(C)=O)C3=C(C(O)C(C)=C(NC(=O)OCC4=C(C(=O)O)N5C(=O)C[C@H]5SC4)C3=O)N1C[C@@H]1C3C[C@@]312. The third-order valence-electron chi connectivity index (χ3n) is 9.97. The van der Waals surface area contributed by atoms with Gasteiger partial charge in [0.15, 0.2) is 5.72 Å². The summed E-state index contributed by atoms with van der Waals surface area (Å²) in [5.41, 5.74) is -0.272. The maximum Gasteiger partial charge on any atom is 0.412 e. The first kappa shape index (κ1) is 26.5. The number of aliphatic carboxylic acids is 1. The van der Waals surface area contributed by atoms with E-state index in [9.17, 15) is 34.2 Å². The molecule has 0 radical (unpaired) electrons. The van der Waals surface area contributed by atoms with E-state index in [1.165, 1.54) is 23.6 Å². The first-order valence-electron chi connectivity index (χ1n) is 13.5. The quantitative estimate of drug-likeness (QED) is 0.276. The highest BCUT2D eigenvalue weighted by molar-refractivity contribution is 8.00. The van der Waals surface area contributed by atoms with Crippen molar-refractivity contribution in [1.29, 1.82) is 0 Å². The molecule has 3 aliphatic carbocycles. The number of methoxy groups -OCH3 is 1. The van der Waals surface area contributed by atoms with E-state index in [4.69, 9.17) is 14.2 Å². The molecule has 2 unspecified atom stereocenters. The molecule has 41 heavy (non-hydrogen) atoms. The number of alkyl carbamates (subject to hydrolysis) is 1. The van der Waals surface area contributed by atoms with Crippen LogP contribution in [0.3, 0.4) is 0 Å². The van der Waals surface area contributed by atoms with Gasteiger partial charge in [0.05, 0.1) is 29.1 Å². The number of amides is 2. The van der Waals surface area contributed by atoms with Crippen LogP contribution in [0.25, 0.3) is 0 Å². The molecule has 2 amide bonds. The molecule has 7 rings (SSSR count). The van der Waals surface area contributed by atoms with Crippen molar-refractivity contribution >= 4 is 41.5 Å². The second-order valence-corrected chi connectivity index (χ2v) is 12.8. The Bertz CT molecular complexity index is 1450. The van der Waals surface area contributed by atoms with Gasteiger partial charge >= 0.3 is 18.0 Å². The number of aliphatic hydroxyl groups excluding tert-OH is 1. The summed E-state index contributed by atoms with van der Waals surface area (Å²) >= 11 is 1.39. The van der Waals surface area contributed by atoms with Crippen molar-refractivity contribution in [1.82, 2.24) is 15.1 Å². The van der Waals surface area contributed by atoms with Gasteiger partial charge < -0.3 is 29.3 Å². The Morgan fingerprint density at radius 1 is 1.20 bits per heavy atom. The van der Waals surface area contributed by atoms with Gasteiger partial charge in [-0.1, -0.05) is 0 Å². The maximum atomic E-state index is 14.0. The highest BCUT2D eigenvalue weighted by atomic mass is 32.2. The van der Waals surface area contributed by atoms with Crippen molar-refractivity contribution in [3.63, 3.8) is 0 Å². The van der Waals surface area contributed by atoms with Gasteiger partial charge in [0.1, 0.15) is 25.0 Å². The van der Waals surface area contributed by atoms with Gasteiger partial charge in [0.2, 0.25) is 11.7 Å². The van der Waals surface area contributed by atoms with E-state index < -0.39 is 48.2 Å². The van der Waals surface area contributed by atoms with E-state index in [0.29, 0.717) is 24.1 Å². The normalized spacial score (nSPS) is 37.6. The molecule has 4 aliphatic heterocycles. The molecule has 0 aromatic heterocycles. The number of nitrogens with zero attached hydrogens (tertiary/aromatic N) is 2. The molecule has 0 aromatic rings. The van der Waals surface area contributed by atoms with Gasteiger partial charge in [-0.3, -0.25) is 24.6 Å². The van der Waals surface area contributed by atoms with Gasteiger partial charge in [0.25, 0.3) is 0 Å². The Balaban J connectivity index is 1.13. The van der Waals surface area contributed by atoms with Crippen molar-refractivity contribution in [3.05, 3.63) is 33.8 Å². The number of hydrogen-bond donors (Lipinski definition) is 3. The van der Waals surface area contributed by atoms with Crippen LogP contribution < -0.4 is 5.32 Å². The number of aliphatic hydroxyl groups is 1. The molecule has 2 saturated heterocycles. The maximum absolute atomic E-state index is 14.0. The zero-order valence-electron chi connectivity index (χ0n) is 22.6. The molecule has 0 bridgehead atoms. The van der Waals surface area contributed by atoms with E-state index >= 15 is 0 Å². The predicted molar refractivity (Wildman–Crippen MR) is 138 cm³/mol. The smallest absolute Gasteiger partial charge is 0.412 e. The molecule has 7 atom stereocenters. The van der Waals surface area contributed by atoms with Crippen molar-refractivity contribution in [2.75, 3.05) is 32.6 Å². The van der Waals surface area contributed by atoms with Gasteiger partial charge in [-0.25, -0.2) is 9.59 Å². The predicted octanol–water partition coefficient (Wildman–Crippen LogP) is 0.316. The molecule has 2 saturated carbocycles. The van der Waals surface area contributed by atoms with Crippen LogP contribution in [0.1, 0.15) is 26.7 Å². The minimum absolute atomic E-state index is 0.116. The largest absolute Gasteiger partial charge is 0.477 e. The number of ether oxygens (including phenoxy) is 3. The summed E-state index contributed by atoms with van der Waals surface area (Å²) in [6.45, 7) is 2.94. The number of hydrogen-bond acceptors (Lipinski definition) is 11. The summed E-state index contributed by atoms with van der Waals surface area (Å²) in [7, 11) is 1.57. The molecule has 7 aliphatic rings. The van der Waals surface area contributed by atoms with Crippen LogP contribution in [0.15, 0.2) is 33.8 Å². The van der Waals surface area contributed by atoms with E-state index in [-0.39, 0.29) is 63.6 Å². The average Bonchev–Trinajstić information content (AvgIpc) is 3.76. The molecular weight excluding hydrogens is 558 g/mol. The molecule has 14 heteroatoms. The lowest BCUT2D eigenvalue weighted by Crippen LogP contribution is -2.54. The number of esters is 1.